The minimum Gasteiger partial charge on any atom is -0.387 e. The Balaban J connectivity index is 1.73. The number of urea groups is 1. The molecule has 0 aromatic heterocycles. The lowest BCUT2D eigenvalue weighted by molar-refractivity contribution is -0.128. The van der Waals surface area contributed by atoms with Gasteiger partial charge in [0.05, 0.1) is 12.6 Å². The first-order chi connectivity index (χ1) is 9.58. The molecule has 2 fully saturated rings. The lowest BCUT2D eigenvalue weighted by Crippen LogP contribution is -2.36. The molecule has 0 spiro atoms. The number of benzene rings is 1. The van der Waals surface area contributed by atoms with E-state index in [2.05, 4.69) is 15.9 Å². The van der Waals surface area contributed by atoms with Crippen molar-refractivity contribution < 1.29 is 14.7 Å². The fraction of sp³-hybridized carbons (Fsp3) is 0.429. The molecule has 0 aliphatic carbocycles. The molecule has 2 saturated heterocycles. The number of fused-ring (bicyclic) bond motifs is 1. The van der Waals surface area contributed by atoms with E-state index in [1.165, 1.54) is 4.90 Å². The Morgan fingerprint density at radius 2 is 2.00 bits per heavy atom. The van der Waals surface area contributed by atoms with Crippen LogP contribution < -0.4 is 0 Å². The highest BCUT2D eigenvalue weighted by Gasteiger charge is 2.47. The van der Waals surface area contributed by atoms with Crippen molar-refractivity contribution in [2.75, 3.05) is 13.1 Å². The van der Waals surface area contributed by atoms with Crippen LogP contribution in [0.5, 0.6) is 0 Å². The van der Waals surface area contributed by atoms with Crippen LogP contribution in [0, 0.1) is 0 Å². The molecule has 1 N–H and O–H groups in total. The number of rotatable bonds is 3. The second kappa shape index (κ2) is 5.18. The van der Waals surface area contributed by atoms with Crippen LogP contribution in [0.2, 0.25) is 0 Å². The maximum absolute atomic E-state index is 12.2. The van der Waals surface area contributed by atoms with Crippen molar-refractivity contribution >= 4 is 27.9 Å². The van der Waals surface area contributed by atoms with Crippen LogP contribution in [0.1, 0.15) is 24.5 Å². The Morgan fingerprint density at radius 1 is 1.30 bits per heavy atom. The predicted molar refractivity (Wildman–Crippen MR) is 75.9 cm³/mol. The highest BCUT2D eigenvalue weighted by Crippen LogP contribution is 2.29. The number of nitrogens with zero attached hydrogens (tertiary/aromatic N) is 2. The third-order valence-electron chi connectivity index (χ3n) is 3.89. The van der Waals surface area contributed by atoms with Crippen molar-refractivity contribution in [1.82, 2.24) is 9.80 Å². The number of aliphatic hydroxyl groups is 1. The highest BCUT2D eigenvalue weighted by molar-refractivity contribution is 9.10. The summed E-state index contributed by atoms with van der Waals surface area (Å²) in [5, 5.41) is 10.2. The molecule has 3 amide bonds. The molecule has 2 atom stereocenters. The van der Waals surface area contributed by atoms with Crippen molar-refractivity contribution in [1.29, 1.82) is 0 Å². The van der Waals surface area contributed by atoms with Crippen molar-refractivity contribution in [3.05, 3.63) is 34.3 Å². The second-order valence-electron chi connectivity index (χ2n) is 5.15. The van der Waals surface area contributed by atoms with E-state index in [-0.39, 0.29) is 24.5 Å². The molecular weight excluding hydrogens is 324 g/mol. The Morgan fingerprint density at radius 3 is 2.65 bits per heavy atom. The van der Waals surface area contributed by atoms with E-state index in [0.717, 1.165) is 17.3 Å². The summed E-state index contributed by atoms with van der Waals surface area (Å²) in [5.41, 5.74) is 0.695. The lowest BCUT2D eigenvalue weighted by atomic mass is 10.1. The number of carbonyl (C=O) groups is 2. The molecule has 6 heteroatoms. The largest absolute Gasteiger partial charge is 0.387 e. The maximum Gasteiger partial charge on any atom is 0.327 e. The van der Waals surface area contributed by atoms with E-state index < -0.39 is 6.10 Å². The van der Waals surface area contributed by atoms with Crippen molar-refractivity contribution in [2.45, 2.75) is 25.0 Å². The minimum atomic E-state index is -0.851. The van der Waals surface area contributed by atoms with Crippen LogP contribution in [-0.4, -0.2) is 46.0 Å². The summed E-state index contributed by atoms with van der Waals surface area (Å²) in [6.45, 7) is 0.659. The van der Waals surface area contributed by atoms with Crippen LogP contribution in [0.3, 0.4) is 0 Å². The van der Waals surface area contributed by atoms with E-state index in [1.807, 2.05) is 12.1 Å². The number of carbonyl (C=O) groups excluding carboxylic acids is 2. The summed E-state index contributed by atoms with van der Waals surface area (Å²) in [4.78, 5) is 27.1. The van der Waals surface area contributed by atoms with Gasteiger partial charge in [-0.25, -0.2) is 4.79 Å². The Hall–Kier alpha value is -1.40. The van der Waals surface area contributed by atoms with Crippen LogP contribution >= 0.6 is 15.9 Å². The predicted octanol–water partition coefficient (Wildman–Crippen LogP) is 1.91. The smallest absolute Gasteiger partial charge is 0.327 e. The Kier molecular flexibility index (Phi) is 3.52. The lowest BCUT2D eigenvalue weighted by Gasteiger charge is -2.19. The Bertz CT molecular complexity index is 524. The number of halogens is 1. The summed E-state index contributed by atoms with van der Waals surface area (Å²) < 4.78 is 0.919. The van der Waals surface area contributed by atoms with E-state index >= 15 is 0 Å². The molecule has 0 unspecified atom stereocenters. The molecule has 0 radical (unpaired) electrons. The zero-order valence-corrected chi connectivity index (χ0v) is 12.4. The van der Waals surface area contributed by atoms with Gasteiger partial charge in [-0.2, -0.15) is 0 Å². The summed E-state index contributed by atoms with van der Waals surface area (Å²) in [6, 6.07) is 6.63. The van der Waals surface area contributed by atoms with Gasteiger partial charge in [0.25, 0.3) is 5.91 Å². The quantitative estimate of drug-likeness (QED) is 0.856. The molecule has 1 aromatic rings. The first-order valence-electron chi connectivity index (χ1n) is 6.63. The van der Waals surface area contributed by atoms with Gasteiger partial charge in [-0.1, -0.05) is 28.1 Å². The normalized spacial score (nSPS) is 23.4. The molecular formula is C14H15BrN2O3. The second-order valence-corrected chi connectivity index (χ2v) is 6.07. The first kappa shape index (κ1) is 13.6. The molecule has 5 nitrogen and oxygen atoms in total. The van der Waals surface area contributed by atoms with Gasteiger partial charge in [0.2, 0.25) is 0 Å². The molecule has 106 valence electrons. The monoisotopic (exact) mass is 338 g/mol. The molecule has 3 rings (SSSR count). The van der Waals surface area contributed by atoms with E-state index in [9.17, 15) is 14.7 Å². The van der Waals surface area contributed by atoms with Crippen molar-refractivity contribution in [3.63, 3.8) is 0 Å². The van der Waals surface area contributed by atoms with Gasteiger partial charge < -0.3 is 10.0 Å². The first-order valence-corrected chi connectivity index (χ1v) is 7.43. The van der Waals surface area contributed by atoms with Gasteiger partial charge in [-0.05, 0) is 30.5 Å². The molecule has 2 aliphatic heterocycles. The summed E-state index contributed by atoms with van der Waals surface area (Å²) in [6.07, 6.45) is 0.761. The SMILES string of the molecule is O=C1[C@H]2CCCN2C(=O)N1C[C@@H](O)c1ccc(Br)cc1. The number of imide groups is 1. The van der Waals surface area contributed by atoms with Gasteiger partial charge >= 0.3 is 6.03 Å². The standard InChI is InChI=1S/C14H15BrN2O3/c15-10-5-3-9(4-6-10)12(18)8-17-13(19)11-2-1-7-16(11)14(17)20/h3-6,11-12,18H,1-2,7-8H2/t11-,12-/m1/s1. The number of hydrogen-bond acceptors (Lipinski definition) is 3. The number of amides is 3. The average Bonchev–Trinajstić information content (AvgIpc) is 2.99. The van der Waals surface area contributed by atoms with E-state index in [4.69, 9.17) is 0 Å². The molecule has 0 bridgehead atoms. The van der Waals surface area contributed by atoms with Crippen molar-refractivity contribution in [2.24, 2.45) is 0 Å². The van der Waals surface area contributed by atoms with Gasteiger partial charge in [0, 0.05) is 11.0 Å². The molecule has 2 aliphatic rings. The fourth-order valence-electron chi connectivity index (χ4n) is 2.81. The van der Waals surface area contributed by atoms with Gasteiger partial charge in [-0.3, -0.25) is 9.69 Å². The molecule has 2 heterocycles. The van der Waals surface area contributed by atoms with E-state index in [1.54, 1.807) is 17.0 Å². The van der Waals surface area contributed by atoms with Crippen LogP contribution in [0.4, 0.5) is 4.79 Å². The molecule has 20 heavy (non-hydrogen) atoms. The third kappa shape index (κ3) is 2.23. The van der Waals surface area contributed by atoms with Gasteiger partial charge in [0.1, 0.15) is 6.04 Å². The maximum atomic E-state index is 12.2. The molecule has 1 aromatic carbocycles. The highest BCUT2D eigenvalue weighted by atomic mass is 79.9. The number of aliphatic hydroxyl groups excluding tert-OH is 1. The molecule has 0 saturated carbocycles. The zero-order chi connectivity index (χ0) is 14.3. The van der Waals surface area contributed by atoms with Crippen molar-refractivity contribution in [3.8, 4) is 0 Å². The van der Waals surface area contributed by atoms with Gasteiger partial charge in [0.15, 0.2) is 0 Å². The van der Waals surface area contributed by atoms with Crippen LogP contribution in [-0.2, 0) is 4.79 Å². The number of hydrogen-bond donors (Lipinski definition) is 1. The van der Waals surface area contributed by atoms with Crippen LogP contribution in [0.25, 0.3) is 0 Å². The van der Waals surface area contributed by atoms with Gasteiger partial charge in [-0.15, -0.1) is 0 Å². The summed E-state index contributed by atoms with van der Waals surface area (Å²) in [7, 11) is 0. The average molecular weight is 339 g/mol. The fourth-order valence-corrected chi connectivity index (χ4v) is 3.08. The summed E-state index contributed by atoms with van der Waals surface area (Å²) in [5.74, 6) is -0.177. The van der Waals surface area contributed by atoms with E-state index in [0.29, 0.717) is 12.1 Å². The third-order valence-corrected chi connectivity index (χ3v) is 4.42. The Labute approximate surface area is 125 Å². The topological polar surface area (TPSA) is 60.9 Å². The summed E-state index contributed by atoms with van der Waals surface area (Å²) >= 11 is 3.33. The van der Waals surface area contributed by atoms with Crippen LogP contribution in [0.15, 0.2) is 28.7 Å². The number of β-amino-alcohol motifs (C(OH)–C–C–N with tert-alkyl or cyclic N) is 1. The minimum absolute atomic E-state index is 0.0201. The zero-order valence-electron chi connectivity index (χ0n) is 10.8.